The molecule has 0 aliphatic carbocycles. The van der Waals surface area contributed by atoms with E-state index in [9.17, 15) is 0 Å². The maximum absolute atomic E-state index is 8.46. The van der Waals surface area contributed by atoms with Gasteiger partial charge in [0.2, 0.25) is 0 Å². The molecule has 0 aliphatic heterocycles. The lowest BCUT2D eigenvalue weighted by atomic mass is 10.2. The molecule has 0 aliphatic rings. The largest absolute Gasteiger partial charge is 0.151 e. The minimum Gasteiger partial charge on any atom is -0.127 e. The van der Waals surface area contributed by atoms with Gasteiger partial charge in [0.15, 0.2) is 8.96 Å². The standard InChI is InChI=1S/C8H19N3Si/c1-7(2,3)12(11-10-9)8(4,5)6/h12H,1-6H3. The van der Waals surface area contributed by atoms with Gasteiger partial charge in [0.1, 0.15) is 0 Å². The lowest BCUT2D eigenvalue weighted by molar-refractivity contribution is 0.640. The van der Waals surface area contributed by atoms with Gasteiger partial charge in [0.25, 0.3) is 0 Å². The van der Waals surface area contributed by atoms with Gasteiger partial charge in [0.05, 0.1) is 0 Å². The molecule has 0 aromatic rings. The van der Waals surface area contributed by atoms with Crippen molar-refractivity contribution >= 4 is 8.96 Å². The van der Waals surface area contributed by atoms with E-state index in [4.69, 9.17) is 5.53 Å². The van der Waals surface area contributed by atoms with Gasteiger partial charge in [-0.1, -0.05) is 41.5 Å². The number of hydrogen-bond donors (Lipinski definition) is 0. The summed E-state index contributed by atoms with van der Waals surface area (Å²) in [6.07, 6.45) is 0. The fourth-order valence-electron chi connectivity index (χ4n) is 1.70. The zero-order chi connectivity index (χ0) is 9.99. The molecule has 0 saturated heterocycles. The molecule has 0 aromatic heterocycles. The van der Waals surface area contributed by atoms with Crippen LogP contribution in [0.3, 0.4) is 0 Å². The second-order valence-corrected chi connectivity index (χ2v) is 9.84. The molecule has 0 atom stereocenters. The highest BCUT2D eigenvalue weighted by Gasteiger charge is 2.35. The SMILES string of the molecule is CC(C)(C)[SiH](N=[N+]=[N-])C(C)(C)C. The maximum atomic E-state index is 8.46. The van der Waals surface area contributed by atoms with Crippen LogP contribution in [-0.4, -0.2) is 8.96 Å². The zero-order valence-electron chi connectivity index (χ0n) is 8.92. The van der Waals surface area contributed by atoms with E-state index in [0.717, 1.165) is 0 Å². The van der Waals surface area contributed by atoms with Crippen LogP contribution < -0.4 is 0 Å². The van der Waals surface area contributed by atoms with Gasteiger partial charge in [-0.3, -0.25) is 0 Å². The molecule has 0 rings (SSSR count). The zero-order valence-corrected chi connectivity index (χ0v) is 10.1. The van der Waals surface area contributed by atoms with Crippen molar-refractivity contribution in [3.05, 3.63) is 10.4 Å². The predicted octanol–water partition coefficient (Wildman–Crippen LogP) is 3.62. The normalized spacial score (nSPS) is 12.9. The molecule has 3 nitrogen and oxygen atoms in total. The smallest absolute Gasteiger partial charge is 0.127 e. The molecule has 0 fully saturated rings. The van der Waals surface area contributed by atoms with E-state index in [0.29, 0.717) is 0 Å². The Balaban J connectivity index is 4.81. The fraction of sp³-hybridized carbons (Fsp3) is 1.00. The van der Waals surface area contributed by atoms with Crippen LogP contribution in [-0.2, 0) is 0 Å². The Bertz CT molecular complexity index is 179. The lowest BCUT2D eigenvalue weighted by Gasteiger charge is -2.35. The van der Waals surface area contributed by atoms with E-state index >= 15 is 0 Å². The third-order valence-electron chi connectivity index (χ3n) is 1.81. The van der Waals surface area contributed by atoms with Crippen LogP contribution in [0.2, 0.25) is 10.1 Å². The van der Waals surface area contributed by atoms with Gasteiger partial charge >= 0.3 is 0 Å². The molecule has 0 heterocycles. The first kappa shape index (κ1) is 11.5. The monoisotopic (exact) mass is 185 g/mol. The maximum Gasteiger partial charge on any atom is 0.151 e. The van der Waals surface area contributed by atoms with Crippen molar-refractivity contribution in [2.45, 2.75) is 51.6 Å². The Labute approximate surface area is 76.5 Å². The molecule has 0 aromatic carbocycles. The summed E-state index contributed by atoms with van der Waals surface area (Å²) in [6.45, 7) is 12.9. The molecular weight excluding hydrogens is 166 g/mol. The summed E-state index contributed by atoms with van der Waals surface area (Å²) in [5.41, 5.74) is 8.46. The summed E-state index contributed by atoms with van der Waals surface area (Å²) < 4.78 is 3.99. The highest BCUT2D eigenvalue weighted by molar-refractivity contribution is 6.63. The van der Waals surface area contributed by atoms with Crippen molar-refractivity contribution in [3.8, 4) is 0 Å². The summed E-state index contributed by atoms with van der Waals surface area (Å²) >= 11 is 0. The van der Waals surface area contributed by atoms with Gasteiger partial charge in [-0.15, -0.1) is 4.78 Å². The molecule has 0 spiro atoms. The van der Waals surface area contributed by atoms with E-state index < -0.39 is 8.96 Å². The molecule has 0 unspecified atom stereocenters. The van der Waals surface area contributed by atoms with Crippen molar-refractivity contribution < 1.29 is 0 Å². The van der Waals surface area contributed by atoms with E-state index in [2.05, 4.69) is 51.2 Å². The summed E-state index contributed by atoms with van der Waals surface area (Å²) in [4.78, 5) is 2.96. The van der Waals surface area contributed by atoms with Gasteiger partial charge in [-0.2, -0.15) is 0 Å². The van der Waals surface area contributed by atoms with Crippen LogP contribution in [0.5, 0.6) is 0 Å². The summed E-state index contributed by atoms with van der Waals surface area (Å²) in [5.74, 6) is 0. The molecule has 0 radical (unpaired) electrons. The Hall–Kier alpha value is -0.473. The number of azide groups is 1. The summed E-state index contributed by atoms with van der Waals surface area (Å²) in [7, 11) is -1.40. The lowest BCUT2D eigenvalue weighted by Crippen LogP contribution is -2.32. The van der Waals surface area contributed by atoms with Gasteiger partial charge in [-0.25, -0.2) is 0 Å². The van der Waals surface area contributed by atoms with Crippen molar-refractivity contribution in [1.82, 2.24) is 0 Å². The van der Waals surface area contributed by atoms with Crippen molar-refractivity contribution in [1.29, 1.82) is 0 Å². The molecular formula is C8H19N3Si. The molecule has 70 valence electrons. The van der Waals surface area contributed by atoms with Crippen molar-refractivity contribution in [2.24, 2.45) is 4.78 Å². The third-order valence-corrected chi connectivity index (χ3v) is 5.42. The highest BCUT2D eigenvalue weighted by atomic mass is 28.3. The molecule has 0 saturated carbocycles. The van der Waals surface area contributed by atoms with Crippen LogP contribution in [0.25, 0.3) is 10.4 Å². The first-order valence-corrected chi connectivity index (χ1v) is 5.91. The molecule has 0 amide bonds. The number of rotatable bonds is 1. The Kier molecular flexibility index (Phi) is 3.36. The minimum atomic E-state index is -1.40. The van der Waals surface area contributed by atoms with Crippen molar-refractivity contribution in [2.75, 3.05) is 0 Å². The predicted molar refractivity (Wildman–Crippen MR) is 55.7 cm³/mol. The quantitative estimate of drug-likeness (QED) is 0.259. The van der Waals surface area contributed by atoms with E-state index in [1.165, 1.54) is 0 Å². The topological polar surface area (TPSA) is 48.8 Å². The van der Waals surface area contributed by atoms with E-state index in [-0.39, 0.29) is 10.1 Å². The average molecular weight is 185 g/mol. The number of nitrogens with zero attached hydrogens (tertiary/aromatic N) is 3. The van der Waals surface area contributed by atoms with E-state index in [1.54, 1.807) is 0 Å². The van der Waals surface area contributed by atoms with Crippen LogP contribution in [0, 0.1) is 0 Å². The highest BCUT2D eigenvalue weighted by Crippen LogP contribution is 2.42. The second-order valence-electron chi connectivity index (χ2n) is 5.34. The van der Waals surface area contributed by atoms with Crippen LogP contribution >= 0.6 is 0 Å². The minimum absolute atomic E-state index is 0.171. The Morgan fingerprint density at radius 3 is 1.42 bits per heavy atom. The van der Waals surface area contributed by atoms with Crippen LogP contribution in [0.15, 0.2) is 4.78 Å². The molecule has 0 N–H and O–H groups in total. The van der Waals surface area contributed by atoms with E-state index in [1.807, 2.05) is 0 Å². The number of hydrogen-bond acceptors (Lipinski definition) is 1. The fourth-order valence-corrected chi connectivity index (χ4v) is 5.09. The Morgan fingerprint density at radius 2 is 1.33 bits per heavy atom. The average Bonchev–Trinajstić information content (AvgIpc) is 1.77. The molecule has 12 heavy (non-hydrogen) atoms. The summed E-state index contributed by atoms with van der Waals surface area (Å²) in [6, 6.07) is 0. The van der Waals surface area contributed by atoms with Crippen LogP contribution in [0.1, 0.15) is 41.5 Å². The van der Waals surface area contributed by atoms with Gasteiger partial charge < -0.3 is 0 Å². The van der Waals surface area contributed by atoms with Crippen LogP contribution in [0.4, 0.5) is 0 Å². The molecule has 0 bridgehead atoms. The second kappa shape index (κ2) is 3.50. The van der Waals surface area contributed by atoms with Crippen molar-refractivity contribution in [3.63, 3.8) is 0 Å². The first-order valence-electron chi connectivity index (χ1n) is 4.24. The summed E-state index contributed by atoms with van der Waals surface area (Å²) in [5, 5.41) is 0.342. The van der Waals surface area contributed by atoms with Gasteiger partial charge in [0, 0.05) is 0 Å². The Morgan fingerprint density at radius 1 is 1.00 bits per heavy atom. The third kappa shape index (κ3) is 3.28. The first-order chi connectivity index (χ1) is 5.19. The molecule has 4 heteroatoms. The van der Waals surface area contributed by atoms with Gasteiger partial charge in [-0.05, 0) is 20.5 Å².